The predicted molar refractivity (Wildman–Crippen MR) is 160 cm³/mol. The Morgan fingerprint density at radius 3 is 2.61 bits per heavy atom. The molecule has 0 aliphatic rings. The number of aromatic amines is 1. The van der Waals surface area contributed by atoms with Crippen molar-refractivity contribution in [2.75, 3.05) is 11.9 Å². The molecule has 3 aromatic carbocycles. The largest absolute Gasteiger partial charge is 0.479 e. The molecule has 4 aromatic heterocycles. The Morgan fingerprint density at radius 1 is 1.02 bits per heavy atom. The number of hydrogen-bond donors (Lipinski definition) is 3. The first-order valence-corrected chi connectivity index (χ1v) is 13.7. The second-order valence-electron chi connectivity index (χ2n) is 9.96. The van der Waals surface area contributed by atoms with E-state index in [9.17, 15) is 14.3 Å². The summed E-state index contributed by atoms with van der Waals surface area (Å²) in [6.07, 6.45) is 5.44. The molecular formula is C32H24F2N6O4. The van der Waals surface area contributed by atoms with Crippen LogP contribution >= 0.6 is 0 Å². The van der Waals surface area contributed by atoms with Crippen LogP contribution in [0, 0.1) is 11.6 Å². The van der Waals surface area contributed by atoms with Crippen molar-refractivity contribution in [3.8, 4) is 34.2 Å². The Hall–Kier alpha value is -5.75. The number of benzene rings is 3. The van der Waals surface area contributed by atoms with E-state index in [1.54, 1.807) is 36.1 Å². The molecule has 0 amide bonds. The van der Waals surface area contributed by atoms with Crippen molar-refractivity contribution in [1.82, 2.24) is 24.4 Å². The first-order chi connectivity index (χ1) is 21.4. The average Bonchev–Trinajstić information content (AvgIpc) is 3.78. The number of H-pyrrole nitrogens is 1. The Morgan fingerprint density at radius 2 is 1.86 bits per heavy atom. The second-order valence-corrected chi connectivity index (χ2v) is 9.96. The summed E-state index contributed by atoms with van der Waals surface area (Å²) in [5.74, 6) is -0.566. The molecule has 0 spiro atoms. The molecule has 4 heterocycles. The van der Waals surface area contributed by atoms with Crippen LogP contribution in [0.5, 0.6) is 17.4 Å². The summed E-state index contributed by atoms with van der Waals surface area (Å²) in [4.78, 5) is 13.4. The molecule has 0 saturated carbocycles. The fourth-order valence-electron chi connectivity index (χ4n) is 5.28. The molecule has 220 valence electrons. The molecule has 0 radical (unpaired) electrons. The molecule has 0 fully saturated rings. The molecule has 1 unspecified atom stereocenters. The van der Waals surface area contributed by atoms with Gasteiger partial charge in [0.15, 0.2) is 17.8 Å². The van der Waals surface area contributed by atoms with E-state index >= 15 is 4.39 Å². The Balaban J connectivity index is 1.18. The summed E-state index contributed by atoms with van der Waals surface area (Å²) in [5.41, 5.74) is 2.36. The maximum atomic E-state index is 15.4. The lowest BCUT2D eigenvalue weighted by Gasteiger charge is -2.19. The fourth-order valence-corrected chi connectivity index (χ4v) is 5.28. The van der Waals surface area contributed by atoms with Gasteiger partial charge in [-0.25, -0.2) is 17.9 Å². The van der Waals surface area contributed by atoms with Crippen molar-refractivity contribution in [3.05, 3.63) is 119 Å². The first-order valence-electron chi connectivity index (χ1n) is 13.7. The third-order valence-electron chi connectivity index (χ3n) is 7.25. The van der Waals surface area contributed by atoms with E-state index in [1.165, 1.54) is 59.2 Å². The maximum absolute atomic E-state index is 15.4. The van der Waals surface area contributed by atoms with Gasteiger partial charge >= 0.3 is 0 Å². The smallest absolute Gasteiger partial charge is 0.265 e. The minimum Gasteiger partial charge on any atom is -0.479 e. The van der Waals surface area contributed by atoms with Gasteiger partial charge in [0.1, 0.15) is 11.6 Å². The van der Waals surface area contributed by atoms with Crippen molar-refractivity contribution >= 4 is 22.0 Å². The van der Waals surface area contributed by atoms with Crippen molar-refractivity contribution < 1.29 is 23.4 Å². The molecule has 12 heteroatoms. The highest BCUT2D eigenvalue weighted by Gasteiger charge is 2.21. The third-order valence-corrected chi connectivity index (χ3v) is 7.25. The number of pyridine rings is 1. The third kappa shape index (κ3) is 4.67. The quantitative estimate of drug-likeness (QED) is 0.175. The Bertz CT molecular complexity index is 2160. The van der Waals surface area contributed by atoms with Crippen LogP contribution in [0.3, 0.4) is 0 Å². The Labute approximate surface area is 248 Å². The molecule has 0 aliphatic heterocycles. The number of aliphatic hydroxyl groups excluding tert-OH is 1. The van der Waals surface area contributed by atoms with Crippen LogP contribution in [0.4, 0.5) is 14.5 Å². The molecule has 0 saturated heterocycles. The number of halogens is 2. The van der Waals surface area contributed by atoms with Crippen LogP contribution in [0.15, 0.2) is 96.3 Å². The minimum absolute atomic E-state index is 0.0248. The molecule has 10 nitrogen and oxygen atoms in total. The van der Waals surface area contributed by atoms with Crippen LogP contribution in [-0.2, 0) is 0 Å². The van der Waals surface area contributed by atoms with E-state index in [2.05, 4.69) is 20.6 Å². The lowest BCUT2D eigenvalue weighted by Crippen LogP contribution is -2.28. The minimum atomic E-state index is -1.50. The highest BCUT2D eigenvalue weighted by atomic mass is 19.1. The van der Waals surface area contributed by atoms with E-state index in [0.29, 0.717) is 11.4 Å². The summed E-state index contributed by atoms with van der Waals surface area (Å²) in [5, 5.41) is 26.7. The van der Waals surface area contributed by atoms with Crippen molar-refractivity contribution in [2.24, 2.45) is 0 Å². The van der Waals surface area contributed by atoms with Crippen molar-refractivity contribution in [2.45, 2.75) is 13.2 Å². The van der Waals surface area contributed by atoms with Crippen molar-refractivity contribution in [3.63, 3.8) is 0 Å². The van der Waals surface area contributed by atoms with E-state index in [0.717, 1.165) is 27.4 Å². The molecule has 7 rings (SSSR count). The zero-order chi connectivity index (χ0) is 30.4. The summed E-state index contributed by atoms with van der Waals surface area (Å²) < 4.78 is 43.7. The monoisotopic (exact) mass is 594 g/mol. The van der Waals surface area contributed by atoms with Gasteiger partial charge in [-0.15, -0.1) is 0 Å². The standard InChI is InChI=1S/C32H24F2N6O4/c1-2-43-28-10-8-24(32(42)40(28)22-6-3-20(33)4-7-22)31(41)38-21-5-9-26(25(34)14-21)44-27-13-18-17-37-39-12-11-23(30(18)39)29(27)19-15-35-36-16-19/h3-17,31,38,41H,2H2,1H3,(H,35,36). The molecule has 3 N–H and O–H groups in total. The number of aromatic nitrogens is 5. The molecule has 7 aromatic rings. The number of ether oxygens (including phenoxy) is 2. The van der Waals surface area contributed by atoms with Crippen LogP contribution in [0.1, 0.15) is 18.7 Å². The van der Waals surface area contributed by atoms with Gasteiger partial charge in [0.2, 0.25) is 5.88 Å². The molecule has 1 atom stereocenters. The second kappa shape index (κ2) is 10.8. The topological polar surface area (TPSA) is 119 Å². The van der Waals surface area contributed by atoms with E-state index < -0.39 is 23.4 Å². The molecule has 44 heavy (non-hydrogen) atoms. The normalized spacial score (nSPS) is 12.2. The average molecular weight is 595 g/mol. The van der Waals surface area contributed by atoms with Crippen LogP contribution in [0.25, 0.3) is 33.1 Å². The van der Waals surface area contributed by atoms with Gasteiger partial charge in [-0.2, -0.15) is 10.2 Å². The highest BCUT2D eigenvalue weighted by Crippen LogP contribution is 2.42. The van der Waals surface area contributed by atoms with Gasteiger partial charge in [-0.05, 0) is 67.6 Å². The van der Waals surface area contributed by atoms with Gasteiger partial charge in [0.05, 0.1) is 35.8 Å². The molecular weight excluding hydrogens is 570 g/mol. The Kier molecular flexibility index (Phi) is 6.67. The van der Waals surface area contributed by atoms with E-state index in [4.69, 9.17) is 9.47 Å². The lowest BCUT2D eigenvalue weighted by atomic mass is 10.0. The summed E-state index contributed by atoms with van der Waals surface area (Å²) >= 11 is 0. The number of rotatable bonds is 9. The van der Waals surface area contributed by atoms with Crippen molar-refractivity contribution in [1.29, 1.82) is 0 Å². The van der Waals surface area contributed by atoms with Crippen LogP contribution in [0.2, 0.25) is 0 Å². The van der Waals surface area contributed by atoms with Gasteiger partial charge in [-0.3, -0.25) is 9.89 Å². The molecule has 0 bridgehead atoms. The van der Waals surface area contributed by atoms with Gasteiger partial charge < -0.3 is 19.9 Å². The fraction of sp³-hybridized carbons (Fsp3) is 0.0938. The summed E-state index contributed by atoms with van der Waals surface area (Å²) in [6.45, 7) is 2.05. The number of aliphatic hydroxyl groups is 1. The number of nitrogens with one attached hydrogen (secondary N) is 2. The molecule has 0 aliphatic carbocycles. The zero-order valence-electron chi connectivity index (χ0n) is 23.2. The van der Waals surface area contributed by atoms with E-state index in [-0.39, 0.29) is 29.5 Å². The zero-order valence-corrected chi connectivity index (χ0v) is 23.2. The predicted octanol–water partition coefficient (Wildman–Crippen LogP) is 6.04. The summed E-state index contributed by atoms with van der Waals surface area (Å²) in [6, 6.07) is 16.1. The van der Waals surface area contributed by atoms with E-state index in [1.807, 2.05) is 12.3 Å². The maximum Gasteiger partial charge on any atom is 0.265 e. The van der Waals surface area contributed by atoms with Crippen LogP contribution in [-0.4, -0.2) is 36.1 Å². The lowest BCUT2D eigenvalue weighted by molar-refractivity contribution is 0.205. The van der Waals surface area contributed by atoms with Gasteiger partial charge in [0, 0.05) is 46.0 Å². The number of nitrogens with zero attached hydrogens (tertiary/aromatic N) is 4. The number of hydrogen-bond acceptors (Lipinski definition) is 7. The summed E-state index contributed by atoms with van der Waals surface area (Å²) in [7, 11) is 0. The van der Waals surface area contributed by atoms with Gasteiger partial charge in [-0.1, -0.05) is 0 Å². The number of anilines is 1. The van der Waals surface area contributed by atoms with Crippen LogP contribution < -0.4 is 20.3 Å². The SMILES string of the molecule is CCOc1ccc(C(O)Nc2ccc(Oc3cc4cnn5ccc(c3-c3cn[nH]c3)c45)c(F)c2)c(=O)n1-c1ccc(F)cc1. The highest BCUT2D eigenvalue weighted by molar-refractivity contribution is 6.07. The first kappa shape index (κ1) is 27.1. The van der Waals surface area contributed by atoms with Gasteiger partial charge in [0.25, 0.3) is 5.56 Å².